The number of aryl methyl sites for hydroxylation is 1. The van der Waals surface area contributed by atoms with E-state index in [9.17, 15) is 9.59 Å². The highest BCUT2D eigenvalue weighted by atomic mass is 16.2. The quantitative estimate of drug-likeness (QED) is 0.899. The summed E-state index contributed by atoms with van der Waals surface area (Å²) in [5.41, 5.74) is 3.05. The Morgan fingerprint density at radius 1 is 0.923 bits per heavy atom. The van der Waals surface area contributed by atoms with Crippen molar-refractivity contribution in [1.82, 2.24) is 9.80 Å². The maximum Gasteiger partial charge on any atom is 0.238 e. The normalized spacial score (nSPS) is 14.9. The molecular formula is C21H25N3O2. The second kappa shape index (κ2) is 8.63. The minimum absolute atomic E-state index is 0.0179. The van der Waals surface area contributed by atoms with Gasteiger partial charge in [-0.1, -0.05) is 48.0 Å². The zero-order valence-electron chi connectivity index (χ0n) is 15.1. The van der Waals surface area contributed by atoms with E-state index in [-0.39, 0.29) is 11.8 Å². The van der Waals surface area contributed by atoms with Gasteiger partial charge in [0.1, 0.15) is 0 Å². The number of carbonyl (C=O) groups excluding carboxylic acids is 2. The molecule has 0 atom stereocenters. The van der Waals surface area contributed by atoms with E-state index in [1.807, 2.05) is 66.4 Å². The molecule has 0 unspecified atom stereocenters. The maximum absolute atomic E-state index is 12.5. The number of hydrogen-bond acceptors (Lipinski definition) is 3. The molecule has 2 aromatic rings. The Bertz CT molecular complexity index is 736. The van der Waals surface area contributed by atoms with E-state index in [4.69, 9.17) is 0 Å². The van der Waals surface area contributed by atoms with E-state index >= 15 is 0 Å². The van der Waals surface area contributed by atoms with E-state index < -0.39 is 0 Å². The summed E-state index contributed by atoms with van der Waals surface area (Å²) >= 11 is 0. The number of nitrogens with one attached hydrogen (secondary N) is 1. The standard InChI is InChI=1S/C21H25N3O2/c1-17-7-9-18(10-8-17)15-21(26)24-13-11-23(12-14-24)16-20(25)22-19-5-3-2-4-6-19/h2-10H,11-16H2,1H3,(H,22,25). The van der Waals surface area contributed by atoms with Gasteiger partial charge in [-0.25, -0.2) is 0 Å². The van der Waals surface area contributed by atoms with Crippen LogP contribution in [0.2, 0.25) is 0 Å². The largest absolute Gasteiger partial charge is 0.340 e. The van der Waals surface area contributed by atoms with Crippen molar-refractivity contribution in [3.05, 3.63) is 65.7 Å². The molecular weight excluding hydrogens is 326 g/mol. The van der Waals surface area contributed by atoms with Crippen LogP contribution in [0.15, 0.2) is 54.6 Å². The lowest BCUT2D eigenvalue weighted by Gasteiger charge is -2.34. The van der Waals surface area contributed by atoms with Crippen molar-refractivity contribution in [3.8, 4) is 0 Å². The third-order valence-corrected chi connectivity index (χ3v) is 4.63. The van der Waals surface area contributed by atoms with E-state index in [1.54, 1.807) is 0 Å². The van der Waals surface area contributed by atoms with Crippen LogP contribution in [0.4, 0.5) is 5.69 Å². The lowest BCUT2D eigenvalue weighted by Crippen LogP contribution is -2.50. The van der Waals surface area contributed by atoms with Crippen molar-refractivity contribution in [2.24, 2.45) is 0 Å². The first-order chi connectivity index (χ1) is 12.6. The number of amides is 2. The fourth-order valence-electron chi connectivity index (χ4n) is 3.07. The average molecular weight is 351 g/mol. The van der Waals surface area contributed by atoms with E-state index in [0.29, 0.717) is 26.1 Å². The van der Waals surface area contributed by atoms with Crippen LogP contribution in [0.25, 0.3) is 0 Å². The van der Waals surface area contributed by atoms with Gasteiger partial charge in [-0.2, -0.15) is 0 Å². The molecule has 26 heavy (non-hydrogen) atoms. The molecule has 2 amide bonds. The number of benzene rings is 2. The molecule has 0 aliphatic carbocycles. The molecule has 1 heterocycles. The smallest absolute Gasteiger partial charge is 0.238 e. The predicted octanol–water partition coefficient (Wildman–Crippen LogP) is 2.32. The molecule has 0 saturated carbocycles. The van der Waals surface area contributed by atoms with Gasteiger partial charge in [0.05, 0.1) is 13.0 Å². The van der Waals surface area contributed by atoms with Gasteiger partial charge in [-0.15, -0.1) is 0 Å². The van der Waals surface area contributed by atoms with E-state index in [2.05, 4.69) is 10.2 Å². The Morgan fingerprint density at radius 3 is 2.23 bits per heavy atom. The average Bonchev–Trinajstić information content (AvgIpc) is 2.65. The lowest BCUT2D eigenvalue weighted by atomic mass is 10.1. The van der Waals surface area contributed by atoms with Crippen LogP contribution in [0.5, 0.6) is 0 Å². The molecule has 136 valence electrons. The van der Waals surface area contributed by atoms with Crippen molar-refractivity contribution in [3.63, 3.8) is 0 Å². The van der Waals surface area contributed by atoms with Crippen molar-refractivity contribution < 1.29 is 9.59 Å². The van der Waals surface area contributed by atoms with Crippen molar-refractivity contribution in [2.75, 3.05) is 38.0 Å². The molecule has 2 aromatic carbocycles. The topological polar surface area (TPSA) is 52.7 Å². The third-order valence-electron chi connectivity index (χ3n) is 4.63. The number of anilines is 1. The molecule has 1 aliphatic heterocycles. The van der Waals surface area contributed by atoms with Crippen molar-refractivity contribution in [1.29, 1.82) is 0 Å². The summed E-state index contributed by atoms with van der Waals surface area (Å²) in [6.45, 7) is 5.18. The molecule has 1 fully saturated rings. The number of hydrogen-bond donors (Lipinski definition) is 1. The molecule has 0 aromatic heterocycles. The molecule has 0 spiro atoms. The van der Waals surface area contributed by atoms with Crippen molar-refractivity contribution in [2.45, 2.75) is 13.3 Å². The predicted molar refractivity (Wildman–Crippen MR) is 103 cm³/mol. The summed E-state index contributed by atoms with van der Waals surface area (Å²) in [5.74, 6) is 0.137. The summed E-state index contributed by atoms with van der Waals surface area (Å²) in [4.78, 5) is 28.6. The van der Waals surface area contributed by atoms with Gasteiger partial charge in [-0.3, -0.25) is 14.5 Å². The summed E-state index contributed by atoms with van der Waals surface area (Å²) in [5, 5.41) is 2.90. The van der Waals surface area contributed by atoms with Crippen LogP contribution >= 0.6 is 0 Å². The van der Waals surface area contributed by atoms with Gasteiger partial charge in [0.25, 0.3) is 0 Å². The highest BCUT2D eigenvalue weighted by Gasteiger charge is 2.22. The minimum atomic E-state index is -0.0179. The monoisotopic (exact) mass is 351 g/mol. The molecule has 0 radical (unpaired) electrons. The summed E-state index contributed by atoms with van der Waals surface area (Å²) in [6, 6.07) is 17.6. The Hall–Kier alpha value is -2.66. The third kappa shape index (κ3) is 5.17. The van der Waals surface area contributed by atoms with Crippen LogP contribution in [0.3, 0.4) is 0 Å². The van der Waals surface area contributed by atoms with Gasteiger partial charge in [0, 0.05) is 31.9 Å². The first-order valence-corrected chi connectivity index (χ1v) is 9.01. The van der Waals surface area contributed by atoms with Gasteiger partial charge in [0.15, 0.2) is 0 Å². The van der Waals surface area contributed by atoms with Gasteiger partial charge >= 0.3 is 0 Å². The molecule has 1 aliphatic rings. The molecule has 1 saturated heterocycles. The summed E-state index contributed by atoms with van der Waals surface area (Å²) in [7, 11) is 0. The number of piperazine rings is 1. The Labute approximate surface area is 154 Å². The molecule has 5 nitrogen and oxygen atoms in total. The number of para-hydroxylation sites is 1. The second-order valence-electron chi connectivity index (χ2n) is 6.73. The Kier molecular flexibility index (Phi) is 6.02. The molecule has 0 bridgehead atoms. The highest BCUT2D eigenvalue weighted by molar-refractivity contribution is 5.92. The minimum Gasteiger partial charge on any atom is -0.340 e. The first kappa shape index (κ1) is 18.1. The zero-order valence-corrected chi connectivity index (χ0v) is 15.1. The van der Waals surface area contributed by atoms with Gasteiger partial charge in [0.2, 0.25) is 11.8 Å². The van der Waals surface area contributed by atoms with Crippen molar-refractivity contribution >= 4 is 17.5 Å². The Balaban J connectivity index is 1.42. The number of rotatable bonds is 5. The van der Waals surface area contributed by atoms with Crippen LogP contribution in [-0.4, -0.2) is 54.3 Å². The number of carbonyl (C=O) groups is 2. The van der Waals surface area contributed by atoms with Crippen LogP contribution < -0.4 is 5.32 Å². The van der Waals surface area contributed by atoms with Crippen LogP contribution in [0, 0.1) is 6.92 Å². The lowest BCUT2D eigenvalue weighted by molar-refractivity contribution is -0.132. The fraction of sp³-hybridized carbons (Fsp3) is 0.333. The first-order valence-electron chi connectivity index (χ1n) is 9.01. The maximum atomic E-state index is 12.5. The SMILES string of the molecule is Cc1ccc(CC(=O)N2CCN(CC(=O)Nc3ccccc3)CC2)cc1. The highest BCUT2D eigenvalue weighted by Crippen LogP contribution is 2.09. The molecule has 5 heteroatoms. The fourth-order valence-corrected chi connectivity index (χ4v) is 3.07. The van der Waals surface area contributed by atoms with Crippen LogP contribution in [0.1, 0.15) is 11.1 Å². The second-order valence-corrected chi connectivity index (χ2v) is 6.73. The Morgan fingerprint density at radius 2 is 1.58 bits per heavy atom. The van der Waals surface area contributed by atoms with Crippen LogP contribution in [-0.2, 0) is 16.0 Å². The van der Waals surface area contributed by atoms with E-state index in [1.165, 1.54) is 5.56 Å². The van der Waals surface area contributed by atoms with E-state index in [0.717, 1.165) is 24.3 Å². The number of nitrogens with zero attached hydrogens (tertiary/aromatic N) is 2. The molecule has 1 N–H and O–H groups in total. The molecule has 3 rings (SSSR count). The summed E-state index contributed by atoms with van der Waals surface area (Å²) < 4.78 is 0. The van der Waals surface area contributed by atoms with Gasteiger partial charge in [-0.05, 0) is 24.6 Å². The summed E-state index contributed by atoms with van der Waals surface area (Å²) in [6.07, 6.45) is 0.439. The zero-order chi connectivity index (χ0) is 18.4. The van der Waals surface area contributed by atoms with Gasteiger partial charge < -0.3 is 10.2 Å².